The summed E-state index contributed by atoms with van der Waals surface area (Å²) in [7, 11) is 0. The van der Waals surface area contributed by atoms with Gasteiger partial charge < -0.3 is 4.42 Å². The second-order valence-corrected chi connectivity index (χ2v) is 4.80. The summed E-state index contributed by atoms with van der Waals surface area (Å²) in [5, 5.41) is 0.410. The molecular formula is C12H6BrClN2O. The van der Waals surface area contributed by atoms with Crippen LogP contribution < -0.4 is 0 Å². The lowest BCUT2D eigenvalue weighted by molar-refractivity contribution is 0.618. The number of aromatic nitrogens is 2. The molecule has 0 N–H and O–H groups in total. The Morgan fingerprint density at radius 1 is 1.18 bits per heavy atom. The molecule has 1 aromatic carbocycles. The molecule has 0 saturated heterocycles. The third-order valence-corrected chi connectivity index (χ3v) is 3.07. The van der Waals surface area contributed by atoms with Gasteiger partial charge in [-0.1, -0.05) is 27.5 Å². The van der Waals surface area contributed by atoms with Crippen molar-refractivity contribution in [2.45, 2.75) is 0 Å². The number of oxazole rings is 1. The van der Waals surface area contributed by atoms with E-state index in [1.165, 1.54) is 0 Å². The van der Waals surface area contributed by atoms with Gasteiger partial charge in [0, 0.05) is 16.1 Å². The maximum absolute atomic E-state index is 5.80. The standard InChI is InChI=1S/C12H6BrClN2O/c13-8-3-1-7(2-4-8)12-16-9-5-11(14)15-6-10(9)17-12/h1-6H. The van der Waals surface area contributed by atoms with E-state index in [2.05, 4.69) is 25.9 Å². The molecule has 0 radical (unpaired) electrons. The molecule has 0 atom stereocenters. The van der Waals surface area contributed by atoms with Gasteiger partial charge in [0.25, 0.3) is 0 Å². The molecule has 3 aromatic rings. The van der Waals surface area contributed by atoms with Crippen LogP contribution in [-0.2, 0) is 0 Å². The zero-order valence-electron chi connectivity index (χ0n) is 8.52. The first-order valence-electron chi connectivity index (χ1n) is 4.90. The molecular weight excluding hydrogens is 304 g/mol. The third-order valence-electron chi connectivity index (χ3n) is 2.33. The predicted octanol–water partition coefficient (Wildman–Crippen LogP) is 4.31. The van der Waals surface area contributed by atoms with E-state index >= 15 is 0 Å². The summed E-state index contributed by atoms with van der Waals surface area (Å²) in [6, 6.07) is 9.43. The van der Waals surface area contributed by atoms with Crippen molar-refractivity contribution in [3.63, 3.8) is 0 Å². The molecule has 0 fully saturated rings. The third kappa shape index (κ3) is 2.06. The molecule has 0 aliphatic carbocycles. The fraction of sp³-hybridized carbons (Fsp3) is 0. The quantitative estimate of drug-likeness (QED) is 0.629. The Morgan fingerprint density at radius 3 is 2.71 bits per heavy atom. The minimum atomic E-state index is 0.410. The molecule has 3 rings (SSSR count). The number of benzene rings is 1. The lowest BCUT2D eigenvalue weighted by Gasteiger charge is -1.94. The molecule has 5 heteroatoms. The monoisotopic (exact) mass is 308 g/mol. The molecule has 84 valence electrons. The largest absolute Gasteiger partial charge is 0.434 e. The van der Waals surface area contributed by atoms with Crippen LogP contribution in [0.1, 0.15) is 0 Å². The van der Waals surface area contributed by atoms with E-state index in [4.69, 9.17) is 16.0 Å². The molecule has 0 spiro atoms. The molecule has 0 amide bonds. The van der Waals surface area contributed by atoms with Crippen molar-refractivity contribution in [1.29, 1.82) is 0 Å². The zero-order chi connectivity index (χ0) is 11.8. The van der Waals surface area contributed by atoms with E-state index in [-0.39, 0.29) is 0 Å². The molecule has 0 unspecified atom stereocenters. The van der Waals surface area contributed by atoms with Gasteiger partial charge in [0.2, 0.25) is 5.89 Å². The van der Waals surface area contributed by atoms with E-state index in [1.54, 1.807) is 12.3 Å². The van der Waals surface area contributed by atoms with Gasteiger partial charge in [-0.05, 0) is 24.3 Å². The van der Waals surface area contributed by atoms with Crippen LogP contribution in [0.15, 0.2) is 45.4 Å². The highest BCUT2D eigenvalue weighted by molar-refractivity contribution is 9.10. The fourth-order valence-electron chi connectivity index (χ4n) is 1.53. The molecule has 2 aromatic heterocycles. The van der Waals surface area contributed by atoms with Gasteiger partial charge in [-0.3, -0.25) is 0 Å². The van der Waals surface area contributed by atoms with Crippen LogP contribution in [0.4, 0.5) is 0 Å². The summed E-state index contributed by atoms with van der Waals surface area (Å²) in [5.41, 5.74) is 2.26. The molecule has 0 aliphatic rings. The first-order valence-corrected chi connectivity index (χ1v) is 6.07. The van der Waals surface area contributed by atoms with Crippen LogP contribution >= 0.6 is 27.5 Å². The van der Waals surface area contributed by atoms with Crippen LogP contribution in [0, 0.1) is 0 Å². The highest BCUT2D eigenvalue weighted by Crippen LogP contribution is 2.25. The Bertz CT molecular complexity index is 679. The number of hydrogen-bond acceptors (Lipinski definition) is 3. The second-order valence-electron chi connectivity index (χ2n) is 3.50. The SMILES string of the molecule is Clc1cc2nc(-c3ccc(Br)cc3)oc2cn1. The Balaban J connectivity index is 2.14. The lowest BCUT2D eigenvalue weighted by Crippen LogP contribution is -1.76. The minimum absolute atomic E-state index is 0.410. The van der Waals surface area contributed by atoms with Crippen LogP contribution in [0.2, 0.25) is 5.15 Å². The smallest absolute Gasteiger partial charge is 0.227 e. The van der Waals surface area contributed by atoms with Crippen molar-refractivity contribution in [1.82, 2.24) is 9.97 Å². The van der Waals surface area contributed by atoms with E-state index in [1.807, 2.05) is 24.3 Å². The Labute approximate surface area is 111 Å². The number of halogens is 2. The van der Waals surface area contributed by atoms with Gasteiger partial charge in [0.05, 0.1) is 6.20 Å². The summed E-state index contributed by atoms with van der Waals surface area (Å²) >= 11 is 9.18. The second kappa shape index (κ2) is 4.13. The maximum Gasteiger partial charge on any atom is 0.227 e. The number of hydrogen-bond donors (Lipinski definition) is 0. The van der Waals surface area contributed by atoms with Gasteiger partial charge in [-0.25, -0.2) is 9.97 Å². The summed E-state index contributed by atoms with van der Waals surface area (Å²) in [6.45, 7) is 0. The van der Waals surface area contributed by atoms with Gasteiger partial charge in [0.15, 0.2) is 5.58 Å². The van der Waals surface area contributed by atoms with Crippen molar-refractivity contribution in [3.8, 4) is 11.5 Å². The Hall–Kier alpha value is -1.39. The van der Waals surface area contributed by atoms with Crippen LogP contribution in [-0.4, -0.2) is 9.97 Å². The first kappa shape index (κ1) is 10.7. The van der Waals surface area contributed by atoms with Crippen molar-refractivity contribution < 1.29 is 4.42 Å². The molecule has 0 saturated carbocycles. The highest BCUT2D eigenvalue weighted by Gasteiger charge is 2.08. The summed E-state index contributed by atoms with van der Waals surface area (Å²) in [6.07, 6.45) is 1.58. The van der Waals surface area contributed by atoms with E-state index in [0.29, 0.717) is 22.1 Å². The maximum atomic E-state index is 5.80. The fourth-order valence-corrected chi connectivity index (χ4v) is 1.94. The Kier molecular flexibility index (Phi) is 2.61. The predicted molar refractivity (Wildman–Crippen MR) is 70.0 cm³/mol. The number of nitrogens with zero attached hydrogens (tertiary/aromatic N) is 2. The lowest BCUT2D eigenvalue weighted by atomic mass is 10.2. The van der Waals surface area contributed by atoms with Crippen molar-refractivity contribution in [3.05, 3.63) is 46.2 Å². The summed E-state index contributed by atoms with van der Waals surface area (Å²) in [5.74, 6) is 0.566. The van der Waals surface area contributed by atoms with Gasteiger partial charge >= 0.3 is 0 Å². The number of pyridine rings is 1. The normalized spacial score (nSPS) is 10.9. The van der Waals surface area contributed by atoms with Crippen molar-refractivity contribution >= 4 is 38.6 Å². The van der Waals surface area contributed by atoms with Crippen LogP contribution in [0.5, 0.6) is 0 Å². The number of fused-ring (bicyclic) bond motifs is 1. The average Bonchev–Trinajstić information content (AvgIpc) is 2.72. The van der Waals surface area contributed by atoms with Gasteiger partial charge in [-0.15, -0.1) is 0 Å². The molecule has 17 heavy (non-hydrogen) atoms. The highest BCUT2D eigenvalue weighted by atomic mass is 79.9. The topological polar surface area (TPSA) is 38.9 Å². The summed E-state index contributed by atoms with van der Waals surface area (Å²) in [4.78, 5) is 8.32. The molecule has 3 nitrogen and oxygen atoms in total. The van der Waals surface area contributed by atoms with Crippen molar-refractivity contribution in [2.75, 3.05) is 0 Å². The number of rotatable bonds is 1. The summed E-state index contributed by atoms with van der Waals surface area (Å²) < 4.78 is 6.62. The van der Waals surface area contributed by atoms with Crippen LogP contribution in [0.25, 0.3) is 22.6 Å². The van der Waals surface area contributed by atoms with Gasteiger partial charge in [-0.2, -0.15) is 0 Å². The average molecular weight is 310 g/mol. The van der Waals surface area contributed by atoms with Crippen LogP contribution in [0.3, 0.4) is 0 Å². The first-order chi connectivity index (χ1) is 8.22. The zero-order valence-corrected chi connectivity index (χ0v) is 10.9. The van der Waals surface area contributed by atoms with E-state index in [0.717, 1.165) is 10.0 Å². The van der Waals surface area contributed by atoms with E-state index < -0.39 is 0 Å². The van der Waals surface area contributed by atoms with Gasteiger partial charge in [0.1, 0.15) is 10.7 Å². The van der Waals surface area contributed by atoms with E-state index in [9.17, 15) is 0 Å². The van der Waals surface area contributed by atoms with Crippen molar-refractivity contribution in [2.24, 2.45) is 0 Å². The molecule has 0 bridgehead atoms. The molecule has 0 aliphatic heterocycles. The molecule has 2 heterocycles. The minimum Gasteiger partial charge on any atom is -0.434 e. The Morgan fingerprint density at radius 2 is 1.94 bits per heavy atom.